The number of benzene rings is 3. The Kier molecular flexibility index (Phi) is 2.61. The van der Waals surface area contributed by atoms with E-state index in [-0.39, 0.29) is 0 Å². The lowest BCUT2D eigenvalue weighted by Gasteiger charge is -2.12. The third-order valence-electron chi connectivity index (χ3n) is 4.37. The number of aromatic hydroxyl groups is 1. The zero-order valence-electron chi connectivity index (χ0n) is 11.9. The number of hydrogen-bond donors (Lipinski definition) is 1. The summed E-state index contributed by atoms with van der Waals surface area (Å²) in [4.78, 5) is 0. The van der Waals surface area contributed by atoms with Gasteiger partial charge in [0.1, 0.15) is 5.75 Å². The highest BCUT2D eigenvalue weighted by Crippen LogP contribution is 2.46. The van der Waals surface area contributed by atoms with Crippen molar-refractivity contribution in [2.75, 3.05) is 0 Å². The zero-order valence-corrected chi connectivity index (χ0v) is 11.9. The van der Waals surface area contributed by atoms with Gasteiger partial charge >= 0.3 is 0 Å². The average molecular weight is 272 g/mol. The molecule has 1 heteroatoms. The summed E-state index contributed by atoms with van der Waals surface area (Å²) in [5, 5.41) is 10.8. The third kappa shape index (κ3) is 1.78. The van der Waals surface area contributed by atoms with Crippen molar-refractivity contribution in [1.29, 1.82) is 0 Å². The second-order valence-electron chi connectivity index (χ2n) is 5.64. The fourth-order valence-electron chi connectivity index (χ4n) is 3.30. The highest BCUT2D eigenvalue weighted by atomic mass is 16.3. The maximum Gasteiger partial charge on any atom is 0.131 e. The van der Waals surface area contributed by atoms with Crippen LogP contribution in [-0.2, 0) is 6.42 Å². The Morgan fingerprint density at radius 2 is 1.43 bits per heavy atom. The lowest BCUT2D eigenvalue weighted by molar-refractivity contribution is 0.479. The van der Waals surface area contributed by atoms with Crippen molar-refractivity contribution in [3.63, 3.8) is 0 Å². The molecule has 1 nitrogen and oxygen atoms in total. The topological polar surface area (TPSA) is 20.2 Å². The summed E-state index contributed by atoms with van der Waals surface area (Å²) in [7, 11) is 0. The molecule has 102 valence electrons. The Hall–Kier alpha value is -2.54. The van der Waals surface area contributed by atoms with Gasteiger partial charge in [-0.3, -0.25) is 0 Å². The second kappa shape index (κ2) is 4.49. The van der Waals surface area contributed by atoms with Crippen LogP contribution in [0, 0.1) is 6.92 Å². The Labute approximate surface area is 124 Å². The van der Waals surface area contributed by atoms with Crippen molar-refractivity contribution >= 4 is 0 Å². The fraction of sp³-hybridized carbons (Fsp3) is 0.100. The van der Waals surface area contributed by atoms with Crippen LogP contribution in [0.25, 0.3) is 22.3 Å². The molecule has 0 aromatic heterocycles. The molecular weight excluding hydrogens is 256 g/mol. The molecular formula is C20H16O. The highest BCUT2D eigenvalue weighted by Gasteiger charge is 2.23. The van der Waals surface area contributed by atoms with E-state index < -0.39 is 0 Å². The van der Waals surface area contributed by atoms with E-state index in [9.17, 15) is 5.11 Å². The fourth-order valence-corrected chi connectivity index (χ4v) is 3.30. The molecule has 1 N–H and O–H groups in total. The second-order valence-corrected chi connectivity index (χ2v) is 5.64. The summed E-state index contributed by atoms with van der Waals surface area (Å²) in [6, 6.07) is 20.7. The summed E-state index contributed by atoms with van der Waals surface area (Å²) in [5.41, 5.74) is 7.88. The van der Waals surface area contributed by atoms with Gasteiger partial charge in [0.25, 0.3) is 0 Å². The Morgan fingerprint density at radius 3 is 2.24 bits per heavy atom. The van der Waals surface area contributed by atoms with Crippen LogP contribution in [0.1, 0.15) is 16.7 Å². The smallest absolute Gasteiger partial charge is 0.131 e. The van der Waals surface area contributed by atoms with Gasteiger partial charge in [-0.15, -0.1) is 0 Å². The average Bonchev–Trinajstić information content (AvgIpc) is 2.88. The van der Waals surface area contributed by atoms with Crippen LogP contribution in [0.2, 0.25) is 0 Å². The Morgan fingerprint density at radius 1 is 0.714 bits per heavy atom. The molecule has 0 amide bonds. The molecule has 0 unspecified atom stereocenters. The molecule has 1 aliphatic carbocycles. The SMILES string of the molecule is Cc1ccccc1-c1ccc2c(c1O)-c1ccccc1C2. The van der Waals surface area contributed by atoms with Crippen molar-refractivity contribution < 1.29 is 5.11 Å². The molecule has 21 heavy (non-hydrogen) atoms. The number of phenolic OH excluding ortho intramolecular Hbond substituents is 1. The maximum absolute atomic E-state index is 10.8. The van der Waals surface area contributed by atoms with Crippen LogP contribution >= 0.6 is 0 Å². The van der Waals surface area contributed by atoms with E-state index in [1.165, 1.54) is 22.3 Å². The standard InChI is InChI=1S/C20H16O/c1-13-6-2-4-8-16(13)18-11-10-15-12-14-7-3-5-9-17(14)19(15)20(18)21/h2-11,21H,12H2,1H3. The van der Waals surface area contributed by atoms with Crippen LogP contribution in [0.5, 0.6) is 5.75 Å². The molecule has 0 aliphatic heterocycles. The molecule has 0 bridgehead atoms. The molecule has 0 saturated carbocycles. The third-order valence-corrected chi connectivity index (χ3v) is 4.37. The van der Waals surface area contributed by atoms with Crippen molar-refractivity contribution in [3.05, 3.63) is 77.4 Å². The molecule has 4 rings (SSSR count). The Bertz CT molecular complexity index is 846. The van der Waals surface area contributed by atoms with Crippen molar-refractivity contribution in [1.82, 2.24) is 0 Å². The predicted molar refractivity (Wildman–Crippen MR) is 86.5 cm³/mol. The molecule has 0 heterocycles. The van der Waals surface area contributed by atoms with Gasteiger partial charge in [0.2, 0.25) is 0 Å². The maximum atomic E-state index is 10.8. The number of hydrogen-bond acceptors (Lipinski definition) is 1. The first kappa shape index (κ1) is 12.2. The molecule has 0 saturated heterocycles. The summed E-state index contributed by atoms with van der Waals surface area (Å²) in [6.45, 7) is 2.08. The zero-order chi connectivity index (χ0) is 14.4. The quantitative estimate of drug-likeness (QED) is 0.520. The van der Waals surface area contributed by atoms with Gasteiger partial charge in [-0.2, -0.15) is 0 Å². The molecule has 1 aliphatic rings. The van der Waals surface area contributed by atoms with Gasteiger partial charge in [-0.1, -0.05) is 60.7 Å². The molecule has 3 aromatic rings. The van der Waals surface area contributed by atoms with E-state index in [2.05, 4.69) is 43.3 Å². The number of rotatable bonds is 1. The van der Waals surface area contributed by atoms with Crippen molar-refractivity contribution in [2.45, 2.75) is 13.3 Å². The largest absolute Gasteiger partial charge is 0.507 e. The summed E-state index contributed by atoms with van der Waals surface area (Å²) < 4.78 is 0. The van der Waals surface area contributed by atoms with E-state index in [0.29, 0.717) is 5.75 Å². The van der Waals surface area contributed by atoms with Gasteiger partial charge in [0, 0.05) is 11.1 Å². The number of fused-ring (bicyclic) bond motifs is 3. The van der Waals surface area contributed by atoms with E-state index in [1.54, 1.807) is 0 Å². The van der Waals surface area contributed by atoms with Crippen molar-refractivity contribution in [3.8, 4) is 28.0 Å². The van der Waals surface area contributed by atoms with Gasteiger partial charge in [-0.05, 0) is 41.2 Å². The molecule has 0 fully saturated rings. The first-order chi connectivity index (χ1) is 10.3. The first-order valence-electron chi connectivity index (χ1n) is 7.25. The molecule has 0 radical (unpaired) electrons. The van der Waals surface area contributed by atoms with Crippen LogP contribution in [0.4, 0.5) is 0 Å². The molecule has 0 spiro atoms. The lowest BCUT2D eigenvalue weighted by atomic mass is 9.94. The summed E-state index contributed by atoms with van der Waals surface area (Å²) >= 11 is 0. The van der Waals surface area contributed by atoms with Gasteiger partial charge in [0.05, 0.1) is 0 Å². The molecule has 0 atom stereocenters. The normalized spacial score (nSPS) is 12.0. The molecule has 3 aromatic carbocycles. The van der Waals surface area contributed by atoms with Crippen LogP contribution < -0.4 is 0 Å². The number of phenols is 1. The lowest BCUT2D eigenvalue weighted by Crippen LogP contribution is -1.87. The first-order valence-corrected chi connectivity index (χ1v) is 7.25. The minimum atomic E-state index is 0.409. The van der Waals surface area contributed by atoms with Crippen LogP contribution in [0.3, 0.4) is 0 Å². The Balaban J connectivity index is 1.98. The summed E-state index contributed by atoms with van der Waals surface area (Å²) in [6.07, 6.45) is 0.910. The van der Waals surface area contributed by atoms with E-state index in [0.717, 1.165) is 23.1 Å². The van der Waals surface area contributed by atoms with Gasteiger partial charge in [-0.25, -0.2) is 0 Å². The van der Waals surface area contributed by atoms with Crippen LogP contribution in [-0.4, -0.2) is 5.11 Å². The van der Waals surface area contributed by atoms with Crippen LogP contribution in [0.15, 0.2) is 60.7 Å². The van der Waals surface area contributed by atoms with Gasteiger partial charge < -0.3 is 5.11 Å². The van der Waals surface area contributed by atoms with E-state index in [1.807, 2.05) is 24.3 Å². The minimum absolute atomic E-state index is 0.409. The predicted octanol–water partition coefficient (Wildman–Crippen LogP) is 4.94. The minimum Gasteiger partial charge on any atom is -0.507 e. The summed E-state index contributed by atoms with van der Waals surface area (Å²) in [5.74, 6) is 0.409. The highest BCUT2D eigenvalue weighted by molar-refractivity contribution is 5.89. The van der Waals surface area contributed by atoms with Crippen molar-refractivity contribution in [2.24, 2.45) is 0 Å². The van der Waals surface area contributed by atoms with E-state index in [4.69, 9.17) is 0 Å². The monoisotopic (exact) mass is 272 g/mol. The van der Waals surface area contributed by atoms with E-state index >= 15 is 0 Å². The number of aryl methyl sites for hydroxylation is 1. The van der Waals surface area contributed by atoms with Gasteiger partial charge in [0.15, 0.2) is 0 Å².